The van der Waals surface area contributed by atoms with Crippen LogP contribution in [0.4, 0.5) is 13.2 Å². The minimum Gasteiger partial charge on any atom is -0.470 e. The Morgan fingerprint density at radius 3 is 1.83 bits per heavy atom. The normalized spacial score (nSPS) is 13.7. The molecule has 2 aliphatic carbocycles. The van der Waals surface area contributed by atoms with Crippen LogP contribution in [0.3, 0.4) is 0 Å². The van der Waals surface area contributed by atoms with Gasteiger partial charge in [0.1, 0.15) is 11.8 Å². The van der Waals surface area contributed by atoms with Crippen molar-refractivity contribution in [1.82, 2.24) is 35.3 Å². The lowest BCUT2D eigenvalue weighted by Crippen LogP contribution is -2.04. The molecule has 0 spiro atoms. The lowest BCUT2D eigenvalue weighted by Gasteiger charge is -1.99. The molecule has 0 saturated heterocycles. The lowest BCUT2D eigenvalue weighted by molar-refractivity contribution is -0.141. The molecule has 2 fully saturated rings. The first-order valence-electron chi connectivity index (χ1n) is 13.3. The topological polar surface area (TPSA) is 114 Å². The molecule has 42 heavy (non-hydrogen) atoms. The summed E-state index contributed by atoms with van der Waals surface area (Å²) in [5.41, 5.74) is 0.382. The number of aromatic nitrogens is 7. The summed E-state index contributed by atoms with van der Waals surface area (Å²) in [6, 6.07) is 2.87. The first-order chi connectivity index (χ1) is 20.3. The third-order valence-corrected chi connectivity index (χ3v) is 7.49. The highest BCUT2D eigenvalue weighted by atomic mass is 32.1. The average molecular weight is 642 g/mol. The first-order valence-corrected chi connectivity index (χ1v) is 15.9. The summed E-state index contributed by atoms with van der Waals surface area (Å²) in [5, 5.41) is 20.4. The molecular formula is C27H34F3N7O2S3. The van der Waals surface area contributed by atoms with Crippen molar-refractivity contribution in [2.45, 2.75) is 70.6 Å². The number of ether oxygens (including phenoxy) is 2. The van der Waals surface area contributed by atoms with Gasteiger partial charge in [-0.2, -0.15) is 23.4 Å². The van der Waals surface area contributed by atoms with Crippen molar-refractivity contribution in [1.29, 1.82) is 0 Å². The van der Waals surface area contributed by atoms with Gasteiger partial charge >= 0.3 is 6.18 Å². The predicted molar refractivity (Wildman–Crippen MR) is 159 cm³/mol. The first kappa shape index (κ1) is 33.2. The van der Waals surface area contributed by atoms with E-state index in [9.17, 15) is 13.2 Å². The number of rotatable bonds is 6. The van der Waals surface area contributed by atoms with Gasteiger partial charge in [0.2, 0.25) is 0 Å². The van der Waals surface area contributed by atoms with Gasteiger partial charge in [-0.1, -0.05) is 36.5 Å². The average Bonchev–Trinajstić information content (AvgIpc) is 3.56. The Morgan fingerprint density at radius 2 is 1.45 bits per heavy atom. The highest BCUT2D eigenvalue weighted by molar-refractivity contribution is 7.11. The summed E-state index contributed by atoms with van der Waals surface area (Å²) in [4.78, 5) is 12.1. The number of alkyl halides is 3. The van der Waals surface area contributed by atoms with Crippen LogP contribution in [0.5, 0.6) is 10.4 Å². The molecule has 0 atom stereocenters. The van der Waals surface area contributed by atoms with Crippen LogP contribution in [-0.4, -0.2) is 48.1 Å². The van der Waals surface area contributed by atoms with Gasteiger partial charge in [0.25, 0.3) is 10.4 Å². The molecule has 0 radical (unpaired) electrons. The van der Waals surface area contributed by atoms with Crippen molar-refractivity contribution in [3.63, 3.8) is 0 Å². The maximum absolute atomic E-state index is 11.5. The number of hydrogen-bond donors (Lipinski definition) is 2. The van der Waals surface area contributed by atoms with Gasteiger partial charge in [-0.25, -0.2) is 15.0 Å². The van der Waals surface area contributed by atoms with Crippen molar-refractivity contribution in [3.8, 4) is 10.4 Å². The van der Waals surface area contributed by atoms with E-state index < -0.39 is 11.9 Å². The summed E-state index contributed by atoms with van der Waals surface area (Å²) in [5.74, 6) is 1.41. The van der Waals surface area contributed by atoms with Crippen LogP contribution >= 0.6 is 34.0 Å². The predicted octanol–water partition coefficient (Wildman–Crippen LogP) is 8.21. The van der Waals surface area contributed by atoms with Crippen LogP contribution in [0.25, 0.3) is 0 Å². The second kappa shape index (κ2) is 17.6. The quantitative estimate of drug-likeness (QED) is 0.192. The molecule has 7 rings (SSSR count). The molecule has 2 N–H and O–H groups in total. The summed E-state index contributed by atoms with van der Waals surface area (Å²) in [6.07, 6.45) is 9.56. The van der Waals surface area contributed by atoms with Gasteiger partial charge in [-0.05, 0) is 50.7 Å². The molecule has 0 bridgehead atoms. The molecule has 0 aliphatic heterocycles. The summed E-state index contributed by atoms with van der Waals surface area (Å²) < 4.78 is 45.1. The minimum absolute atomic E-state index is 0.483. The van der Waals surface area contributed by atoms with Gasteiger partial charge in [0.15, 0.2) is 0 Å². The van der Waals surface area contributed by atoms with Crippen LogP contribution in [0.1, 0.15) is 74.7 Å². The summed E-state index contributed by atoms with van der Waals surface area (Å²) >= 11 is 4.85. The van der Waals surface area contributed by atoms with E-state index in [0.717, 1.165) is 28.6 Å². The molecular weight excluding hydrogens is 608 g/mol. The zero-order valence-electron chi connectivity index (χ0n) is 23.5. The standard InChI is InChI=1S/C6H10N2.C6H7NOS.C6H7NS.C5H7NOS.C4H3F3N2/c1-5(2)6-3-4-7-8-6;1-2-5(1)8-6-7-3-4-9-6;1-2-5(1)6-7-3-4-8-6;1-2-7-5-6-3-4-8-5;5-4(6,7)3-1-2-8-9-3/h3-5H,1-2H3,(H,7,8);3-5H,1-2H2;3-5H,1-2H2;3-4H,2H2,1H3;1-2H,(H,8,9). The van der Waals surface area contributed by atoms with Gasteiger partial charge in [-0.15, -0.1) is 11.3 Å². The number of hydrogen-bond acceptors (Lipinski definition) is 10. The Hall–Kier alpha value is -3.30. The zero-order valence-corrected chi connectivity index (χ0v) is 25.9. The Morgan fingerprint density at radius 1 is 0.833 bits per heavy atom. The van der Waals surface area contributed by atoms with E-state index >= 15 is 0 Å². The Balaban J connectivity index is 0.000000144. The van der Waals surface area contributed by atoms with Crippen LogP contribution in [0, 0.1) is 0 Å². The number of nitrogens with one attached hydrogen (secondary N) is 2. The van der Waals surface area contributed by atoms with E-state index in [1.54, 1.807) is 46.4 Å². The molecule has 2 saturated carbocycles. The summed E-state index contributed by atoms with van der Waals surface area (Å²) in [7, 11) is 0. The van der Waals surface area contributed by atoms with Crippen molar-refractivity contribution in [2.75, 3.05) is 6.61 Å². The van der Waals surface area contributed by atoms with E-state index in [1.165, 1.54) is 47.7 Å². The minimum atomic E-state index is -4.30. The number of H-pyrrole nitrogens is 2. The maximum Gasteiger partial charge on any atom is 0.432 e. The molecule has 2 aliphatic rings. The molecule has 0 unspecified atom stereocenters. The highest BCUT2D eigenvalue weighted by Crippen LogP contribution is 2.40. The van der Waals surface area contributed by atoms with Gasteiger partial charge in [0, 0.05) is 58.7 Å². The lowest BCUT2D eigenvalue weighted by atomic mass is 10.1. The largest absolute Gasteiger partial charge is 0.470 e. The molecule has 5 aromatic rings. The molecule has 5 aromatic heterocycles. The van der Waals surface area contributed by atoms with E-state index in [2.05, 4.69) is 44.1 Å². The fourth-order valence-electron chi connectivity index (χ4n) is 2.77. The van der Waals surface area contributed by atoms with Crippen LogP contribution < -0.4 is 9.47 Å². The number of nitrogens with zero attached hydrogens (tertiary/aromatic N) is 5. The summed E-state index contributed by atoms with van der Waals surface area (Å²) in [6.45, 7) is 6.91. The third kappa shape index (κ3) is 13.6. The van der Waals surface area contributed by atoms with E-state index in [1.807, 2.05) is 35.3 Å². The van der Waals surface area contributed by atoms with Crippen molar-refractivity contribution in [3.05, 3.63) is 75.7 Å². The third-order valence-electron chi connectivity index (χ3n) is 5.21. The van der Waals surface area contributed by atoms with Crippen molar-refractivity contribution in [2.24, 2.45) is 0 Å². The molecule has 9 nitrogen and oxygen atoms in total. The number of thiazole rings is 3. The van der Waals surface area contributed by atoms with Crippen molar-refractivity contribution >= 4 is 34.0 Å². The van der Waals surface area contributed by atoms with Crippen LogP contribution in [0.2, 0.25) is 0 Å². The van der Waals surface area contributed by atoms with Gasteiger partial charge in [-0.3, -0.25) is 10.2 Å². The van der Waals surface area contributed by atoms with Crippen LogP contribution in [-0.2, 0) is 6.18 Å². The molecule has 5 heterocycles. The SMILES string of the molecule is CC(C)c1ccn[nH]1.CCOc1nccs1.FC(F)(F)c1ccn[nH]1.c1csc(C2CC2)n1.c1csc(OC2CC2)n1. The second-order valence-corrected chi connectivity index (χ2v) is 11.8. The van der Waals surface area contributed by atoms with Crippen LogP contribution in [0.15, 0.2) is 59.3 Å². The number of aromatic amines is 2. The highest BCUT2D eigenvalue weighted by Gasteiger charge is 2.31. The molecule has 15 heteroatoms. The molecule has 0 aromatic carbocycles. The molecule has 228 valence electrons. The monoisotopic (exact) mass is 641 g/mol. The van der Waals surface area contributed by atoms with E-state index in [4.69, 9.17) is 9.47 Å². The number of halogens is 3. The smallest absolute Gasteiger partial charge is 0.432 e. The fraction of sp³-hybridized carbons (Fsp3) is 0.444. The van der Waals surface area contributed by atoms with Crippen molar-refractivity contribution < 1.29 is 22.6 Å². The fourth-order valence-corrected chi connectivity index (χ4v) is 4.68. The van der Waals surface area contributed by atoms with E-state index in [-0.39, 0.29) is 0 Å². The zero-order chi connectivity index (χ0) is 30.2. The second-order valence-electron chi connectivity index (χ2n) is 9.13. The molecule has 0 amide bonds. The van der Waals surface area contributed by atoms with Gasteiger partial charge < -0.3 is 9.47 Å². The van der Waals surface area contributed by atoms with Gasteiger partial charge in [0.05, 0.1) is 11.6 Å². The maximum atomic E-state index is 11.5. The Bertz CT molecular complexity index is 1260. The van der Waals surface area contributed by atoms with E-state index in [0.29, 0.717) is 18.6 Å². The Kier molecular flexibility index (Phi) is 13.9. The Labute approximate surface area is 254 Å².